The van der Waals surface area contributed by atoms with Crippen molar-refractivity contribution >= 4 is 11.9 Å². The van der Waals surface area contributed by atoms with E-state index in [1.54, 1.807) is 26.8 Å². The summed E-state index contributed by atoms with van der Waals surface area (Å²) in [6, 6.07) is 0. The van der Waals surface area contributed by atoms with Gasteiger partial charge in [0.15, 0.2) is 0 Å². The van der Waals surface area contributed by atoms with Gasteiger partial charge in [0.05, 0.1) is 12.0 Å². The predicted molar refractivity (Wildman–Crippen MR) is 79.0 cm³/mol. The monoisotopic (exact) mass is 298 g/mol. The van der Waals surface area contributed by atoms with E-state index in [4.69, 9.17) is 9.47 Å². The Bertz CT molecular complexity index is 411. The fourth-order valence-corrected chi connectivity index (χ4v) is 2.64. The molecule has 0 radical (unpaired) electrons. The van der Waals surface area contributed by atoms with Crippen molar-refractivity contribution in [1.82, 2.24) is 0 Å². The van der Waals surface area contributed by atoms with Crippen LogP contribution in [0.1, 0.15) is 52.9 Å². The Hall–Kier alpha value is -1.36. The van der Waals surface area contributed by atoms with Crippen molar-refractivity contribution in [1.29, 1.82) is 0 Å². The molecule has 1 aliphatic carbocycles. The number of carbonyl (C=O) groups is 2. The molecule has 1 N–H and O–H groups in total. The molecule has 1 rings (SSSR count). The van der Waals surface area contributed by atoms with Gasteiger partial charge in [0, 0.05) is 12.7 Å². The first kappa shape index (κ1) is 17.7. The third kappa shape index (κ3) is 5.16. The second-order valence-electron chi connectivity index (χ2n) is 6.66. The predicted octanol–water partition coefficient (Wildman–Crippen LogP) is 2.94. The van der Waals surface area contributed by atoms with E-state index in [0.717, 1.165) is 12.8 Å². The first-order valence-corrected chi connectivity index (χ1v) is 7.35. The molecular formula is C16H26O5. The molecule has 0 atom stereocenters. The van der Waals surface area contributed by atoms with Crippen molar-refractivity contribution in [3.05, 3.63) is 11.6 Å². The van der Waals surface area contributed by atoms with Crippen LogP contribution in [0.3, 0.4) is 0 Å². The summed E-state index contributed by atoms with van der Waals surface area (Å²) in [5.41, 5.74) is -1.04. The van der Waals surface area contributed by atoms with Crippen LogP contribution in [0.5, 0.6) is 0 Å². The molecule has 0 bridgehead atoms. The summed E-state index contributed by atoms with van der Waals surface area (Å²) in [5, 5.41) is 9.54. The molecule has 1 fully saturated rings. The van der Waals surface area contributed by atoms with Gasteiger partial charge in [-0.3, -0.25) is 4.79 Å². The normalized spacial score (nSPS) is 18.6. The number of aliphatic carboxylic acids is 1. The summed E-state index contributed by atoms with van der Waals surface area (Å²) >= 11 is 0. The Morgan fingerprint density at radius 1 is 1.24 bits per heavy atom. The lowest BCUT2D eigenvalue weighted by Crippen LogP contribution is -2.32. The smallest absolute Gasteiger partial charge is 0.334 e. The molecule has 5 nitrogen and oxygen atoms in total. The summed E-state index contributed by atoms with van der Waals surface area (Å²) in [5.74, 6) is -1.28. The van der Waals surface area contributed by atoms with Gasteiger partial charge in [-0.1, -0.05) is 12.8 Å². The minimum Gasteiger partial charge on any atom is -0.481 e. The number of hydrogen-bond donors (Lipinski definition) is 1. The molecule has 0 spiro atoms. The Kier molecular flexibility index (Phi) is 5.96. The molecule has 0 heterocycles. The second kappa shape index (κ2) is 7.07. The average Bonchev–Trinajstić information content (AvgIpc) is 2.82. The van der Waals surface area contributed by atoms with Gasteiger partial charge < -0.3 is 14.6 Å². The fraction of sp³-hybridized carbons (Fsp3) is 0.750. The highest BCUT2D eigenvalue weighted by atomic mass is 16.6. The zero-order valence-corrected chi connectivity index (χ0v) is 13.4. The first-order valence-electron chi connectivity index (χ1n) is 7.35. The summed E-state index contributed by atoms with van der Waals surface area (Å²) in [7, 11) is 1.53. The number of methoxy groups -OCH3 is 1. The Balaban J connectivity index is 2.93. The molecular weight excluding hydrogens is 272 g/mol. The van der Waals surface area contributed by atoms with Crippen molar-refractivity contribution in [2.45, 2.75) is 58.5 Å². The maximum Gasteiger partial charge on any atom is 0.334 e. The maximum atomic E-state index is 12.3. The molecule has 0 saturated heterocycles. The molecule has 0 aromatic rings. The summed E-state index contributed by atoms with van der Waals surface area (Å²) < 4.78 is 10.4. The van der Waals surface area contributed by atoms with Crippen molar-refractivity contribution in [3.8, 4) is 0 Å². The number of carbonyl (C=O) groups excluding carboxylic acids is 1. The van der Waals surface area contributed by atoms with Crippen molar-refractivity contribution in [2.75, 3.05) is 13.7 Å². The van der Waals surface area contributed by atoms with E-state index >= 15 is 0 Å². The van der Waals surface area contributed by atoms with E-state index in [2.05, 4.69) is 0 Å². The van der Waals surface area contributed by atoms with Crippen LogP contribution in [0.2, 0.25) is 0 Å². The average molecular weight is 298 g/mol. The fourth-order valence-electron chi connectivity index (χ4n) is 2.64. The molecule has 120 valence electrons. The Labute approximate surface area is 126 Å². The van der Waals surface area contributed by atoms with Crippen LogP contribution < -0.4 is 0 Å². The summed E-state index contributed by atoms with van der Waals surface area (Å²) in [4.78, 5) is 23.9. The minimum atomic E-state index is -0.837. The third-order valence-corrected chi connectivity index (χ3v) is 3.70. The lowest BCUT2D eigenvalue weighted by molar-refractivity contribution is -0.152. The van der Waals surface area contributed by atoms with Crippen molar-refractivity contribution in [2.24, 2.45) is 5.41 Å². The highest BCUT2D eigenvalue weighted by Crippen LogP contribution is 2.43. The van der Waals surface area contributed by atoms with Gasteiger partial charge >= 0.3 is 11.9 Å². The van der Waals surface area contributed by atoms with Crippen LogP contribution in [0, 0.1) is 5.41 Å². The highest BCUT2D eigenvalue weighted by Gasteiger charge is 2.43. The zero-order valence-electron chi connectivity index (χ0n) is 13.4. The van der Waals surface area contributed by atoms with Gasteiger partial charge in [-0.2, -0.15) is 0 Å². The third-order valence-electron chi connectivity index (χ3n) is 3.70. The SMILES string of the molecule is COC/C=C(\CC1(C(=O)O)CCCC1)C(=O)OC(C)(C)C. The topological polar surface area (TPSA) is 72.8 Å². The molecule has 0 unspecified atom stereocenters. The lowest BCUT2D eigenvalue weighted by Gasteiger charge is -2.26. The van der Waals surface area contributed by atoms with Crippen molar-refractivity contribution < 1.29 is 24.2 Å². The van der Waals surface area contributed by atoms with E-state index in [-0.39, 0.29) is 13.0 Å². The van der Waals surface area contributed by atoms with Crippen LogP contribution >= 0.6 is 0 Å². The number of rotatable bonds is 6. The van der Waals surface area contributed by atoms with E-state index in [9.17, 15) is 14.7 Å². The molecule has 5 heteroatoms. The Morgan fingerprint density at radius 2 is 1.81 bits per heavy atom. The van der Waals surface area contributed by atoms with Gasteiger partial charge in [-0.05, 0) is 46.1 Å². The summed E-state index contributed by atoms with van der Waals surface area (Å²) in [6.45, 7) is 5.65. The zero-order chi connectivity index (χ0) is 16.1. The number of ether oxygens (including phenoxy) is 2. The number of hydrogen-bond acceptors (Lipinski definition) is 4. The molecule has 0 amide bonds. The molecule has 0 aliphatic heterocycles. The minimum absolute atomic E-state index is 0.209. The van der Waals surface area contributed by atoms with E-state index in [1.807, 2.05) is 0 Å². The lowest BCUT2D eigenvalue weighted by atomic mass is 9.79. The quantitative estimate of drug-likeness (QED) is 0.603. The van der Waals surface area contributed by atoms with E-state index in [0.29, 0.717) is 18.4 Å². The van der Waals surface area contributed by atoms with Crippen molar-refractivity contribution in [3.63, 3.8) is 0 Å². The van der Waals surface area contributed by atoms with E-state index in [1.165, 1.54) is 7.11 Å². The van der Waals surface area contributed by atoms with Crippen LogP contribution in [-0.2, 0) is 19.1 Å². The van der Waals surface area contributed by atoms with Gasteiger partial charge in [0.2, 0.25) is 0 Å². The molecule has 1 saturated carbocycles. The molecule has 21 heavy (non-hydrogen) atoms. The van der Waals surface area contributed by atoms with Crippen LogP contribution in [-0.4, -0.2) is 36.4 Å². The second-order valence-corrected chi connectivity index (χ2v) is 6.66. The number of carboxylic acids is 1. The van der Waals surface area contributed by atoms with Gasteiger partial charge in [-0.15, -0.1) is 0 Å². The van der Waals surface area contributed by atoms with Crippen LogP contribution in [0.25, 0.3) is 0 Å². The Morgan fingerprint density at radius 3 is 2.24 bits per heavy atom. The van der Waals surface area contributed by atoms with Gasteiger partial charge in [0.1, 0.15) is 5.60 Å². The summed E-state index contributed by atoms with van der Waals surface area (Å²) in [6.07, 6.45) is 4.83. The van der Waals surface area contributed by atoms with Crippen LogP contribution in [0.15, 0.2) is 11.6 Å². The number of carboxylic acid groups (broad SMARTS) is 1. The van der Waals surface area contributed by atoms with Gasteiger partial charge in [-0.25, -0.2) is 4.79 Å². The largest absolute Gasteiger partial charge is 0.481 e. The standard InChI is InChI=1S/C16H26O5/c1-15(2,3)21-13(17)12(7-10-20-4)11-16(14(18)19)8-5-6-9-16/h7H,5-6,8-11H2,1-4H3,(H,18,19)/b12-7+. The van der Waals surface area contributed by atoms with Crippen LogP contribution in [0.4, 0.5) is 0 Å². The highest BCUT2D eigenvalue weighted by molar-refractivity contribution is 5.90. The number of esters is 1. The molecule has 1 aliphatic rings. The molecule has 0 aromatic carbocycles. The molecule has 0 aromatic heterocycles. The van der Waals surface area contributed by atoms with E-state index < -0.39 is 23.0 Å². The first-order chi connectivity index (χ1) is 9.70. The van der Waals surface area contributed by atoms with Gasteiger partial charge in [0.25, 0.3) is 0 Å². The maximum absolute atomic E-state index is 12.3.